The summed E-state index contributed by atoms with van der Waals surface area (Å²) in [5.41, 5.74) is 3.57. The van der Waals surface area contributed by atoms with Gasteiger partial charge in [0.1, 0.15) is 17.8 Å². The van der Waals surface area contributed by atoms with Gasteiger partial charge in [-0.2, -0.15) is 0 Å². The van der Waals surface area contributed by atoms with Gasteiger partial charge in [0.15, 0.2) is 5.78 Å². The molecule has 0 saturated carbocycles. The minimum atomic E-state index is -0.757. The number of ketones is 1. The highest BCUT2D eigenvalue weighted by molar-refractivity contribution is 5.97. The highest BCUT2D eigenvalue weighted by Gasteiger charge is 2.39. The van der Waals surface area contributed by atoms with E-state index in [4.69, 9.17) is 4.74 Å². The number of carbonyl (C=O) groups excluding carboxylic acids is 2. The van der Waals surface area contributed by atoms with Crippen LogP contribution in [0.5, 0.6) is 0 Å². The van der Waals surface area contributed by atoms with Crippen molar-refractivity contribution in [3.63, 3.8) is 0 Å². The fraction of sp³-hybridized carbons (Fsp3) is 0.147. The molecule has 1 heterocycles. The lowest BCUT2D eigenvalue weighted by Gasteiger charge is -2.37. The maximum Gasteiger partial charge on any atom is 0.306 e. The zero-order valence-electron chi connectivity index (χ0n) is 21.8. The molecule has 194 valence electrons. The second kappa shape index (κ2) is 11.7. The molecule has 1 aromatic heterocycles. The van der Waals surface area contributed by atoms with Crippen LogP contribution in [0.15, 0.2) is 134 Å². The average Bonchev–Trinajstić information content (AvgIpc) is 3.49. The van der Waals surface area contributed by atoms with Gasteiger partial charge in [-0.3, -0.25) is 9.59 Å². The molecule has 5 rings (SSSR count). The van der Waals surface area contributed by atoms with Crippen LogP contribution < -0.4 is 0 Å². The van der Waals surface area contributed by atoms with Crippen molar-refractivity contribution in [3.8, 4) is 0 Å². The lowest BCUT2D eigenvalue weighted by molar-refractivity contribution is -0.145. The molecule has 0 aliphatic heterocycles. The van der Waals surface area contributed by atoms with Crippen LogP contribution in [0.3, 0.4) is 0 Å². The number of hydrogen-bond acceptors (Lipinski definition) is 4. The van der Waals surface area contributed by atoms with Crippen LogP contribution in [0.4, 0.5) is 0 Å². The number of benzene rings is 4. The summed E-state index contributed by atoms with van der Waals surface area (Å²) in [4.78, 5) is 30.4. The molecule has 39 heavy (non-hydrogen) atoms. The number of ether oxygens (including phenoxy) is 1. The van der Waals surface area contributed by atoms with Crippen LogP contribution in [0.1, 0.15) is 46.1 Å². The highest BCUT2D eigenvalue weighted by atomic mass is 16.5. The Morgan fingerprint density at radius 1 is 0.744 bits per heavy atom. The standard InChI is InChI=1S/C34H30N2O3/c1-26(22-32(37)39-24-27-14-6-2-7-15-27)33(38)31-23-36(25-35-31)34(28-16-8-3-9-17-28,29-18-10-4-11-19-29)30-20-12-5-13-21-30/h2-21,23,25-26H,22,24H2,1H3/t26-/m1/s1. The third-order valence-corrected chi connectivity index (χ3v) is 6.96. The second-order valence-corrected chi connectivity index (χ2v) is 9.59. The summed E-state index contributed by atoms with van der Waals surface area (Å²) in [6.45, 7) is 1.92. The molecule has 5 aromatic rings. The monoisotopic (exact) mass is 514 g/mol. The van der Waals surface area contributed by atoms with E-state index in [2.05, 4.69) is 41.4 Å². The van der Waals surface area contributed by atoms with E-state index in [1.54, 1.807) is 19.4 Å². The molecule has 0 fully saturated rings. The molecule has 0 unspecified atom stereocenters. The third kappa shape index (κ3) is 5.43. The minimum Gasteiger partial charge on any atom is -0.461 e. The molecule has 5 nitrogen and oxygen atoms in total. The predicted molar refractivity (Wildman–Crippen MR) is 151 cm³/mol. The number of imidazole rings is 1. The SMILES string of the molecule is C[C@H](CC(=O)OCc1ccccc1)C(=O)c1cn(C(c2ccccc2)(c2ccccc2)c2ccccc2)cn1. The van der Waals surface area contributed by atoms with Gasteiger partial charge in [-0.15, -0.1) is 0 Å². The summed E-state index contributed by atoms with van der Waals surface area (Å²) in [6, 6.07) is 40.1. The van der Waals surface area contributed by atoms with Gasteiger partial charge < -0.3 is 9.30 Å². The first-order valence-corrected chi connectivity index (χ1v) is 13.0. The van der Waals surface area contributed by atoms with E-state index in [-0.39, 0.29) is 18.8 Å². The highest BCUT2D eigenvalue weighted by Crippen LogP contribution is 2.40. The summed E-state index contributed by atoms with van der Waals surface area (Å²) in [6.07, 6.45) is 3.49. The predicted octanol–water partition coefficient (Wildman–Crippen LogP) is 6.68. The minimum absolute atomic E-state index is 0.0142. The Kier molecular flexibility index (Phi) is 7.78. The van der Waals surface area contributed by atoms with Crippen molar-refractivity contribution < 1.29 is 14.3 Å². The Hall–Kier alpha value is -4.77. The van der Waals surface area contributed by atoms with E-state index in [9.17, 15) is 9.59 Å². The Balaban J connectivity index is 1.46. The average molecular weight is 515 g/mol. The smallest absolute Gasteiger partial charge is 0.306 e. The topological polar surface area (TPSA) is 61.2 Å². The van der Waals surface area contributed by atoms with Gasteiger partial charge in [0.05, 0.1) is 12.7 Å². The van der Waals surface area contributed by atoms with Gasteiger partial charge >= 0.3 is 5.97 Å². The van der Waals surface area contributed by atoms with Crippen molar-refractivity contribution in [1.29, 1.82) is 0 Å². The fourth-order valence-electron chi connectivity index (χ4n) is 5.01. The van der Waals surface area contributed by atoms with Gasteiger partial charge in [-0.25, -0.2) is 4.98 Å². The number of rotatable bonds is 10. The van der Waals surface area contributed by atoms with Crippen molar-refractivity contribution in [2.24, 2.45) is 5.92 Å². The van der Waals surface area contributed by atoms with Crippen LogP contribution >= 0.6 is 0 Å². The van der Waals surface area contributed by atoms with Gasteiger partial charge in [0, 0.05) is 12.1 Å². The normalized spacial score (nSPS) is 12.0. The van der Waals surface area contributed by atoms with Gasteiger partial charge in [-0.1, -0.05) is 128 Å². The molecule has 0 radical (unpaired) electrons. The van der Waals surface area contributed by atoms with Crippen LogP contribution in [0, 0.1) is 5.92 Å². The quantitative estimate of drug-likeness (QED) is 0.119. The Morgan fingerprint density at radius 3 is 1.69 bits per heavy atom. The number of carbonyl (C=O) groups is 2. The molecule has 0 bridgehead atoms. The lowest BCUT2D eigenvalue weighted by atomic mass is 9.77. The van der Waals surface area contributed by atoms with E-state index in [1.807, 2.05) is 89.5 Å². The molecule has 0 aliphatic rings. The van der Waals surface area contributed by atoms with Crippen molar-refractivity contribution in [2.75, 3.05) is 0 Å². The summed E-state index contributed by atoms with van der Waals surface area (Å²) in [7, 11) is 0. The molecule has 0 saturated heterocycles. The first-order chi connectivity index (χ1) is 19.1. The van der Waals surface area contributed by atoms with Crippen molar-refractivity contribution in [2.45, 2.75) is 25.5 Å². The third-order valence-electron chi connectivity index (χ3n) is 6.96. The summed E-state index contributed by atoms with van der Waals surface area (Å²) < 4.78 is 7.40. The number of esters is 1. The molecule has 5 heteroatoms. The van der Waals surface area contributed by atoms with Crippen LogP contribution in [-0.2, 0) is 21.7 Å². The molecule has 0 N–H and O–H groups in total. The molecule has 0 amide bonds. The van der Waals surface area contributed by atoms with E-state index in [0.717, 1.165) is 22.3 Å². The van der Waals surface area contributed by atoms with Gasteiger partial charge in [-0.05, 0) is 22.3 Å². The Bertz CT molecular complexity index is 1420. The molecular formula is C34H30N2O3. The zero-order valence-corrected chi connectivity index (χ0v) is 21.8. The Labute approximate surface area is 228 Å². The Morgan fingerprint density at radius 2 is 1.21 bits per heavy atom. The maximum absolute atomic E-state index is 13.4. The molecule has 0 aliphatic carbocycles. The molecular weight excluding hydrogens is 484 g/mol. The van der Waals surface area contributed by atoms with Crippen LogP contribution in [0.25, 0.3) is 0 Å². The van der Waals surface area contributed by atoms with Gasteiger partial charge in [0.2, 0.25) is 0 Å². The lowest BCUT2D eigenvalue weighted by Crippen LogP contribution is -2.37. The maximum atomic E-state index is 13.4. The van der Waals surface area contributed by atoms with E-state index >= 15 is 0 Å². The number of hydrogen-bond donors (Lipinski definition) is 0. The molecule has 0 spiro atoms. The summed E-state index contributed by atoms with van der Waals surface area (Å²) in [5, 5.41) is 0. The largest absolute Gasteiger partial charge is 0.461 e. The zero-order chi connectivity index (χ0) is 27.1. The first-order valence-electron chi connectivity index (χ1n) is 13.0. The summed E-state index contributed by atoms with van der Waals surface area (Å²) >= 11 is 0. The fourth-order valence-corrected chi connectivity index (χ4v) is 5.01. The molecule has 1 atom stereocenters. The first kappa shape index (κ1) is 25.9. The van der Waals surface area contributed by atoms with E-state index in [0.29, 0.717) is 5.69 Å². The van der Waals surface area contributed by atoms with E-state index in [1.165, 1.54) is 0 Å². The second-order valence-electron chi connectivity index (χ2n) is 9.59. The van der Waals surface area contributed by atoms with Crippen LogP contribution in [-0.4, -0.2) is 21.3 Å². The van der Waals surface area contributed by atoms with Crippen molar-refractivity contribution in [1.82, 2.24) is 9.55 Å². The van der Waals surface area contributed by atoms with Crippen LogP contribution in [0.2, 0.25) is 0 Å². The van der Waals surface area contributed by atoms with Gasteiger partial charge in [0.25, 0.3) is 0 Å². The van der Waals surface area contributed by atoms with Crippen molar-refractivity contribution >= 4 is 11.8 Å². The number of Topliss-reactive ketones (excluding diaryl/α,β-unsaturated/α-hetero) is 1. The summed E-state index contributed by atoms with van der Waals surface area (Å²) in [5.74, 6) is -1.18. The van der Waals surface area contributed by atoms with E-state index < -0.39 is 17.4 Å². The number of aromatic nitrogens is 2. The number of nitrogens with zero attached hydrogens (tertiary/aromatic N) is 2. The van der Waals surface area contributed by atoms with Crippen molar-refractivity contribution in [3.05, 3.63) is 162 Å². The molecule has 4 aromatic carbocycles.